The average Bonchev–Trinajstić information content (AvgIpc) is 3.09. The second-order valence-electron chi connectivity index (χ2n) is 4.47. The molecule has 6 heteroatoms. The van der Waals surface area contributed by atoms with Gasteiger partial charge in [0.15, 0.2) is 0 Å². The molecule has 2 heterocycles. The third-order valence-electron chi connectivity index (χ3n) is 3.06. The van der Waals surface area contributed by atoms with Crippen LogP contribution in [-0.4, -0.2) is 16.7 Å². The van der Waals surface area contributed by atoms with Crippen LogP contribution in [0.3, 0.4) is 0 Å². The fourth-order valence-electron chi connectivity index (χ4n) is 2.04. The van der Waals surface area contributed by atoms with E-state index in [1.807, 2.05) is 0 Å². The SMILES string of the molecule is Fc1ccc(CSc2nnc(C3CCCN3)o2)cc1. The molecular weight excluding hydrogens is 265 g/mol. The van der Waals surface area contributed by atoms with Crippen LogP contribution in [0.15, 0.2) is 33.9 Å². The molecule has 1 fully saturated rings. The summed E-state index contributed by atoms with van der Waals surface area (Å²) in [5.41, 5.74) is 1.03. The summed E-state index contributed by atoms with van der Waals surface area (Å²) in [4.78, 5) is 0. The zero-order chi connectivity index (χ0) is 13.1. The Morgan fingerprint density at radius 3 is 2.89 bits per heavy atom. The first kappa shape index (κ1) is 12.6. The first-order valence-corrected chi connectivity index (χ1v) is 7.24. The minimum Gasteiger partial charge on any atom is -0.414 e. The van der Waals surface area contributed by atoms with Crippen molar-refractivity contribution in [3.63, 3.8) is 0 Å². The first-order valence-electron chi connectivity index (χ1n) is 6.25. The normalized spacial score (nSPS) is 18.9. The van der Waals surface area contributed by atoms with Crippen LogP contribution < -0.4 is 5.32 Å². The molecule has 0 saturated carbocycles. The average molecular weight is 279 g/mol. The van der Waals surface area contributed by atoms with E-state index in [9.17, 15) is 4.39 Å². The van der Waals surface area contributed by atoms with Crippen LogP contribution in [0.25, 0.3) is 0 Å². The van der Waals surface area contributed by atoms with Crippen molar-refractivity contribution in [1.29, 1.82) is 0 Å². The summed E-state index contributed by atoms with van der Waals surface area (Å²) in [6.45, 7) is 1.01. The van der Waals surface area contributed by atoms with Gasteiger partial charge in [-0.3, -0.25) is 0 Å². The van der Waals surface area contributed by atoms with Crippen molar-refractivity contribution in [1.82, 2.24) is 15.5 Å². The largest absolute Gasteiger partial charge is 0.414 e. The highest BCUT2D eigenvalue weighted by Crippen LogP contribution is 2.26. The van der Waals surface area contributed by atoms with Gasteiger partial charge in [0, 0.05) is 5.75 Å². The molecule has 1 aromatic carbocycles. The fourth-order valence-corrected chi connectivity index (χ4v) is 2.77. The van der Waals surface area contributed by atoms with E-state index in [4.69, 9.17) is 4.42 Å². The minimum absolute atomic E-state index is 0.202. The Hall–Kier alpha value is -1.40. The Morgan fingerprint density at radius 2 is 2.16 bits per heavy atom. The van der Waals surface area contributed by atoms with Gasteiger partial charge in [-0.25, -0.2) is 4.39 Å². The van der Waals surface area contributed by atoms with Gasteiger partial charge in [-0.2, -0.15) is 0 Å². The number of benzene rings is 1. The fraction of sp³-hybridized carbons (Fsp3) is 0.385. The maximum absolute atomic E-state index is 12.8. The molecule has 1 saturated heterocycles. The zero-order valence-electron chi connectivity index (χ0n) is 10.3. The molecule has 4 nitrogen and oxygen atoms in total. The molecule has 1 aromatic heterocycles. The summed E-state index contributed by atoms with van der Waals surface area (Å²) in [7, 11) is 0. The smallest absolute Gasteiger partial charge is 0.276 e. The highest BCUT2D eigenvalue weighted by Gasteiger charge is 2.22. The van der Waals surface area contributed by atoms with Crippen molar-refractivity contribution in [2.45, 2.75) is 29.9 Å². The molecule has 1 atom stereocenters. The van der Waals surface area contributed by atoms with Crippen molar-refractivity contribution >= 4 is 11.8 Å². The summed E-state index contributed by atoms with van der Waals surface area (Å²) in [6.07, 6.45) is 2.19. The number of hydrogen-bond donors (Lipinski definition) is 1. The lowest BCUT2D eigenvalue weighted by Crippen LogP contribution is -2.12. The van der Waals surface area contributed by atoms with Gasteiger partial charge in [-0.1, -0.05) is 23.9 Å². The molecule has 0 aliphatic carbocycles. The molecule has 3 rings (SSSR count). The summed E-state index contributed by atoms with van der Waals surface area (Å²) in [6, 6.07) is 6.64. The lowest BCUT2D eigenvalue weighted by atomic mass is 10.2. The van der Waals surface area contributed by atoms with Gasteiger partial charge >= 0.3 is 0 Å². The van der Waals surface area contributed by atoms with E-state index in [0.717, 1.165) is 24.9 Å². The van der Waals surface area contributed by atoms with Crippen molar-refractivity contribution < 1.29 is 8.81 Å². The topological polar surface area (TPSA) is 51.0 Å². The number of hydrogen-bond acceptors (Lipinski definition) is 5. The van der Waals surface area contributed by atoms with Crippen LogP contribution in [0.1, 0.15) is 30.3 Å². The molecule has 1 unspecified atom stereocenters. The second-order valence-corrected chi connectivity index (χ2v) is 5.40. The predicted octanol–water partition coefficient (Wildman–Crippen LogP) is 2.93. The Morgan fingerprint density at radius 1 is 1.32 bits per heavy atom. The third kappa shape index (κ3) is 3.13. The highest BCUT2D eigenvalue weighted by molar-refractivity contribution is 7.98. The maximum Gasteiger partial charge on any atom is 0.276 e. The monoisotopic (exact) mass is 279 g/mol. The lowest BCUT2D eigenvalue weighted by Gasteiger charge is -2.02. The first-order chi connectivity index (χ1) is 9.31. The number of thioether (sulfide) groups is 1. The number of nitrogens with one attached hydrogen (secondary N) is 1. The predicted molar refractivity (Wildman–Crippen MR) is 70.2 cm³/mol. The van der Waals surface area contributed by atoms with Gasteiger partial charge < -0.3 is 9.73 Å². The van der Waals surface area contributed by atoms with Crippen LogP contribution >= 0.6 is 11.8 Å². The van der Waals surface area contributed by atoms with Crippen LogP contribution in [-0.2, 0) is 5.75 Å². The van der Waals surface area contributed by atoms with E-state index in [2.05, 4.69) is 15.5 Å². The van der Waals surface area contributed by atoms with E-state index >= 15 is 0 Å². The van der Waals surface area contributed by atoms with Crippen LogP contribution in [0.5, 0.6) is 0 Å². The minimum atomic E-state index is -0.221. The number of aromatic nitrogens is 2. The molecule has 2 aromatic rings. The van der Waals surface area contributed by atoms with Gasteiger partial charge in [0.25, 0.3) is 5.22 Å². The number of halogens is 1. The molecular formula is C13H14FN3OS. The molecule has 0 bridgehead atoms. The van der Waals surface area contributed by atoms with Crippen molar-refractivity contribution in [3.8, 4) is 0 Å². The van der Waals surface area contributed by atoms with Gasteiger partial charge in [-0.05, 0) is 37.1 Å². The van der Waals surface area contributed by atoms with Crippen molar-refractivity contribution in [3.05, 3.63) is 41.5 Å². The Labute approximate surface area is 114 Å². The number of rotatable bonds is 4. The molecule has 19 heavy (non-hydrogen) atoms. The summed E-state index contributed by atoms with van der Waals surface area (Å²) < 4.78 is 18.4. The molecule has 0 radical (unpaired) electrons. The maximum atomic E-state index is 12.8. The van der Waals surface area contributed by atoms with E-state index in [1.54, 1.807) is 12.1 Å². The van der Waals surface area contributed by atoms with Gasteiger partial charge in [0.1, 0.15) is 5.82 Å². The van der Waals surface area contributed by atoms with Crippen LogP contribution in [0.2, 0.25) is 0 Å². The molecule has 1 N–H and O–H groups in total. The Kier molecular flexibility index (Phi) is 3.79. The zero-order valence-corrected chi connectivity index (χ0v) is 11.1. The summed E-state index contributed by atoms with van der Waals surface area (Å²) in [5.74, 6) is 1.14. The Bertz CT molecular complexity index is 537. The molecule has 0 amide bonds. The van der Waals surface area contributed by atoms with Crippen molar-refractivity contribution in [2.75, 3.05) is 6.54 Å². The molecule has 100 valence electrons. The van der Waals surface area contributed by atoms with E-state index in [1.165, 1.54) is 23.9 Å². The quantitative estimate of drug-likeness (QED) is 0.872. The lowest BCUT2D eigenvalue weighted by molar-refractivity contribution is 0.374. The van der Waals surface area contributed by atoms with Gasteiger partial charge in [-0.15, -0.1) is 10.2 Å². The summed E-state index contributed by atoms with van der Waals surface area (Å²) in [5, 5.41) is 12.0. The summed E-state index contributed by atoms with van der Waals surface area (Å²) >= 11 is 1.47. The van der Waals surface area contributed by atoms with Crippen LogP contribution in [0, 0.1) is 5.82 Å². The third-order valence-corrected chi connectivity index (χ3v) is 3.95. The second kappa shape index (κ2) is 5.71. The van der Waals surface area contributed by atoms with Crippen molar-refractivity contribution in [2.24, 2.45) is 0 Å². The molecule has 1 aliphatic heterocycles. The van der Waals surface area contributed by atoms with Crippen LogP contribution in [0.4, 0.5) is 4.39 Å². The van der Waals surface area contributed by atoms with Gasteiger partial charge in [0.2, 0.25) is 5.89 Å². The highest BCUT2D eigenvalue weighted by atomic mass is 32.2. The number of nitrogens with zero attached hydrogens (tertiary/aromatic N) is 2. The standard InChI is InChI=1S/C13H14FN3OS/c14-10-5-3-9(4-6-10)8-19-13-17-16-12(18-13)11-2-1-7-15-11/h3-6,11,15H,1-2,7-8H2. The van der Waals surface area contributed by atoms with E-state index in [-0.39, 0.29) is 11.9 Å². The van der Waals surface area contributed by atoms with E-state index in [0.29, 0.717) is 16.9 Å². The Balaban J connectivity index is 1.59. The van der Waals surface area contributed by atoms with Gasteiger partial charge in [0.05, 0.1) is 6.04 Å². The molecule has 0 spiro atoms. The van der Waals surface area contributed by atoms with E-state index < -0.39 is 0 Å². The molecule has 1 aliphatic rings.